The van der Waals surface area contributed by atoms with Gasteiger partial charge in [0.2, 0.25) is 0 Å². The Balaban J connectivity index is 4.57. The molecule has 78 valence electrons. The van der Waals surface area contributed by atoms with E-state index >= 15 is 0 Å². The van der Waals surface area contributed by atoms with Gasteiger partial charge in [-0.15, -0.1) is 0 Å². The number of allylic oxidation sites excluding steroid dienone is 1. The second kappa shape index (κ2) is 4.57. The lowest BCUT2D eigenvalue weighted by atomic mass is 10.5. The van der Waals surface area contributed by atoms with Gasteiger partial charge in [0, 0.05) is 6.54 Å². The van der Waals surface area contributed by atoms with Gasteiger partial charge in [0.25, 0.3) is 0 Å². The summed E-state index contributed by atoms with van der Waals surface area (Å²) in [4.78, 5) is 0. The van der Waals surface area contributed by atoms with Crippen LogP contribution in [-0.4, -0.2) is 27.2 Å². The molecule has 0 atom stereocenters. The molecule has 0 saturated heterocycles. The maximum atomic E-state index is 2.78. The summed E-state index contributed by atoms with van der Waals surface area (Å²) in [6.07, 6.45) is 4.45. The van der Waals surface area contributed by atoms with Crippen molar-refractivity contribution in [3.63, 3.8) is 0 Å². The van der Waals surface area contributed by atoms with Gasteiger partial charge in [0.1, 0.15) is 16.5 Å². The zero-order chi connectivity index (χ0) is 10.7. The molecule has 0 spiro atoms. The Bertz CT molecular complexity index is 160. The van der Waals surface area contributed by atoms with Crippen LogP contribution in [0.1, 0.15) is 6.92 Å². The Morgan fingerprint density at radius 3 is 1.54 bits per heavy atom. The zero-order valence-electron chi connectivity index (χ0n) is 10.3. The summed E-state index contributed by atoms with van der Waals surface area (Å²) in [6, 6.07) is 0. The van der Waals surface area contributed by atoms with E-state index in [-0.39, 0.29) is 0 Å². The lowest BCUT2D eigenvalue weighted by Crippen LogP contribution is -2.58. The smallest absolute Gasteiger partial charge is 0.112 e. The molecule has 0 N–H and O–H groups in total. The molecular formula is C10H25NSi2. The van der Waals surface area contributed by atoms with Crippen LogP contribution in [-0.2, 0) is 0 Å². The normalized spacial score (nSPS) is 14.5. The van der Waals surface area contributed by atoms with E-state index in [4.69, 9.17) is 0 Å². The van der Waals surface area contributed by atoms with E-state index in [1.807, 2.05) is 0 Å². The van der Waals surface area contributed by atoms with Gasteiger partial charge in [-0.25, -0.2) is 0 Å². The Labute approximate surface area is 86.0 Å². The molecule has 0 aromatic heterocycles. The van der Waals surface area contributed by atoms with Crippen LogP contribution in [0.3, 0.4) is 0 Å². The van der Waals surface area contributed by atoms with Crippen molar-refractivity contribution in [1.82, 2.24) is 4.23 Å². The Morgan fingerprint density at radius 2 is 1.31 bits per heavy atom. The fourth-order valence-electron chi connectivity index (χ4n) is 1.76. The van der Waals surface area contributed by atoms with Gasteiger partial charge in [0.05, 0.1) is 0 Å². The third-order valence-corrected chi connectivity index (χ3v) is 9.77. The van der Waals surface area contributed by atoms with E-state index in [1.165, 1.54) is 0 Å². The molecule has 0 unspecified atom stereocenters. The molecular weight excluding hydrogens is 190 g/mol. The predicted molar refractivity (Wildman–Crippen MR) is 68.2 cm³/mol. The first-order valence-corrected chi connectivity index (χ1v) is 12.0. The van der Waals surface area contributed by atoms with Crippen LogP contribution in [0.5, 0.6) is 0 Å². The molecule has 0 radical (unpaired) electrons. The van der Waals surface area contributed by atoms with Gasteiger partial charge in [-0.2, -0.15) is 0 Å². The topological polar surface area (TPSA) is 3.24 Å². The highest BCUT2D eigenvalue weighted by Crippen LogP contribution is 2.19. The Morgan fingerprint density at radius 1 is 0.923 bits per heavy atom. The van der Waals surface area contributed by atoms with E-state index in [0.717, 1.165) is 6.54 Å². The average molecular weight is 215 g/mol. The molecule has 1 nitrogen and oxygen atoms in total. The van der Waals surface area contributed by atoms with Crippen molar-refractivity contribution in [2.45, 2.75) is 46.2 Å². The predicted octanol–water partition coefficient (Wildman–Crippen LogP) is 3.53. The van der Waals surface area contributed by atoms with Crippen LogP contribution in [0.4, 0.5) is 0 Å². The molecule has 0 bridgehead atoms. The van der Waals surface area contributed by atoms with E-state index in [9.17, 15) is 0 Å². The van der Waals surface area contributed by atoms with Gasteiger partial charge in [-0.1, -0.05) is 51.4 Å². The molecule has 13 heavy (non-hydrogen) atoms. The van der Waals surface area contributed by atoms with Gasteiger partial charge in [-0.05, 0) is 6.92 Å². The third kappa shape index (κ3) is 4.79. The summed E-state index contributed by atoms with van der Waals surface area (Å²) < 4.78 is 2.78. The van der Waals surface area contributed by atoms with Crippen molar-refractivity contribution in [2.24, 2.45) is 0 Å². The van der Waals surface area contributed by atoms with Crippen molar-refractivity contribution in [3.8, 4) is 0 Å². The van der Waals surface area contributed by atoms with Gasteiger partial charge in [0.15, 0.2) is 0 Å². The molecule has 3 heteroatoms. The first kappa shape index (κ1) is 13.1. The minimum Gasteiger partial charge on any atom is -0.343 e. The number of rotatable bonds is 4. The number of hydrogen-bond acceptors (Lipinski definition) is 1. The first-order valence-electron chi connectivity index (χ1n) is 5.08. The van der Waals surface area contributed by atoms with Crippen LogP contribution in [0, 0.1) is 0 Å². The molecule has 0 saturated carbocycles. The van der Waals surface area contributed by atoms with Crippen LogP contribution in [0.25, 0.3) is 0 Å². The van der Waals surface area contributed by atoms with Gasteiger partial charge >= 0.3 is 0 Å². The second-order valence-corrected chi connectivity index (χ2v) is 15.7. The summed E-state index contributed by atoms with van der Waals surface area (Å²) in [6.45, 7) is 17.9. The second-order valence-electron chi connectivity index (χ2n) is 5.52. The number of nitrogens with zero attached hydrogens (tertiary/aromatic N) is 1. The summed E-state index contributed by atoms with van der Waals surface area (Å²) in [7, 11) is -2.23. The van der Waals surface area contributed by atoms with Crippen molar-refractivity contribution in [2.75, 3.05) is 6.54 Å². The Hall–Kier alpha value is 0.134. The fourth-order valence-corrected chi connectivity index (χ4v) is 11.1. The quantitative estimate of drug-likeness (QED) is 0.512. The lowest BCUT2D eigenvalue weighted by Gasteiger charge is -2.42. The molecule has 0 aliphatic carbocycles. The molecule has 0 aliphatic heterocycles. The summed E-state index contributed by atoms with van der Waals surface area (Å²) in [5.41, 5.74) is 0. The van der Waals surface area contributed by atoms with E-state index in [0.29, 0.717) is 0 Å². The van der Waals surface area contributed by atoms with Crippen LogP contribution in [0.15, 0.2) is 12.2 Å². The van der Waals surface area contributed by atoms with Crippen molar-refractivity contribution < 1.29 is 0 Å². The maximum Gasteiger partial charge on any atom is 0.112 e. The average Bonchev–Trinajstić information content (AvgIpc) is 1.81. The minimum atomic E-state index is -1.12. The molecule has 0 aliphatic rings. The molecule has 0 rings (SSSR count). The first-order chi connectivity index (χ1) is 5.69. The highest BCUT2D eigenvalue weighted by atomic mass is 28.4. The van der Waals surface area contributed by atoms with Crippen LogP contribution >= 0.6 is 0 Å². The van der Waals surface area contributed by atoms with Crippen LogP contribution in [0.2, 0.25) is 39.3 Å². The van der Waals surface area contributed by atoms with E-state index in [1.54, 1.807) is 0 Å². The summed E-state index contributed by atoms with van der Waals surface area (Å²) in [5.74, 6) is 0. The SMILES string of the molecule is CC=CCN([Si](C)(C)C)[Si](C)(C)C. The molecule has 0 aromatic carbocycles. The highest BCUT2D eigenvalue weighted by molar-refractivity contribution is 6.89. The zero-order valence-corrected chi connectivity index (χ0v) is 12.3. The van der Waals surface area contributed by atoms with Crippen molar-refractivity contribution in [3.05, 3.63) is 12.2 Å². The Kier molecular flexibility index (Phi) is 4.62. The molecule has 0 fully saturated rings. The fraction of sp³-hybridized carbons (Fsp3) is 0.800. The monoisotopic (exact) mass is 215 g/mol. The van der Waals surface area contributed by atoms with E-state index < -0.39 is 16.5 Å². The number of hydrogen-bond donors (Lipinski definition) is 0. The summed E-state index contributed by atoms with van der Waals surface area (Å²) >= 11 is 0. The largest absolute Gasteiger partial charge is 0.343 e. The molecule has 0 amide bonds. The van der Waals surface area contributed by atoms with Crippen molar-refractivity contribution in [1.29, 1.82) is 0 Å². The van der Waals surface area contributed by atoms with E-state index in [2.05, 4.69) is 62.6 Å². The third-order valence-electron chi connectivity index (χ3n) is 2.14. The van der Waals surface area contributed by atoms with Crippen LogP contribution < -0.4 is 0 Å². The summed E-state index contributed by atoms with van der Waals surface area (Å²) in [5, 5.41) is 0. The standard InChI is InChI=1S/C10H25NSi2/c1-8-9-10-11(12(2,3)4)13(5,6)7/h8-9H,10H2,1-7H3. The van der Waals surface area contributed by atoms with Gasteiger partial charge in [-0.3, -0.25) is 0 Å². The maximum absolute atomic E-state index is 2.78. The van der Waals surface area contributed by atoms with Crippen molar-refractivity contribution >= 4 is 16.5 Å². The minimum absolute atomic E-state index is 1.12. The lowest BCUT2D eigenvalue weighted by molar-refractivity contribution is 0.687. The van der Waals surface area contributed by atoms with Gasteiger partial charge < -0.3 is 4.23 Å². The molecule has 0 heterocycles. The molecule has 0 aromatic rings. The highest BCUT2D eigenvalue weighted by Gasteiger charge is 2.32.